The van der Waals surface area contributed by atoms with Gasteiger partial charge in [-0.3, -0.25) is 0 Å². The number of carbonyl (C=O) groups is 1. The third-order valence-corrected chi connectivity index (χ3v) is 2.23. The third-order valence-electron chi connectivity index (χ3n) is 1.59. The van der Waals surface area contributed by atoms with Crippen LogP contribution in [0.2, 0.25) is 0 Å². The zero-order valence-electron chi connectivity index (χ0n) is 7.76. The summed E-state index contributed by atoms with van der Waals surface area (Å²) in [7, 11) is 0. The van der Waals surface area contributed by atoms with Crippen LogP contribution >= 0.6 is 25.0 Å². The lowest BCUT2D eigenvalue weighted by Crippen LogP contribution is -2.38. The van der Waals surface area contributed by atoms with E-state index in [-0.39, 0.29) is 4.77 Å². The molecule has 14 heavy (non-hydrogen) atoms. The highest BCUT2D eigenvalue weighted by molar-refractivity contribution is 7.82. The highest BCUT2D eigenvalue weighted by Gasteiger charge is 2.10. The molecule has 0 saturated heterocycles. The van der Waals surface area contributed by atoms with Gasteiger partial charge in [-0.15, -0.1) is 0 Å². The van der Waals surface area contributed by atoms with Crippen molar-refractivity contribution >= 4 is 31.1 Å². The number of carbonyl (C=O) groups excluding carboxylic acids is 1. The lowest BCUT2D eigenvalue weighted by Gasteiger charge is -2.18. The number of rotatable bonds is 1. The molecular formula is C7H10N4OS2. The number of aryl methyl sites for hydroxylation is 2. The molecule has 1 aromatic rings. The molecule has 1 rings (SSSR count). The van der Waals surface area contributed by atoms with E-state index >= 15 is 0 Å². The quantitative estimate of drug-likeness (QED) is 0.560. The Bertz CT molecular complexity index is 428. The smallest absolute Gasteiger partial charge is 0.344 e. The predicted octanol–water partition coefficient (Wildman–Crippen LogP) is 1.09. The van der Waals surface area contributed by atoms with Gasteiger partial charge >= 0.3 is 6.03 Å². The normalized spacial score (nSPS) is 9.93. The summed E-state index contributed by atoms with van der Waals surface area (Å²) < 4.78 is 2.52. The second kappa shape index (κ2) is 3.97. The summed E-state index contributed by atoms with van der Waals surface area (Å²) in [5, 5.41) is 0. The molecule has 0 spiro atoms. The molecule has 7 heteroatoms. The summed E-state index contributed by atoms with van der Waals surface area (Å²) in [6.07, 6.45) is 0. The number of hydrogen-bond acceptors (Lipinski definition) is 4. The molecule has 0 bridgehead atoms. The van der Waals surface area contributed by atoms with Crippen molar-refractivity contribution in [1.82, 2.24) is 9.66 Å². The van der Waals surface area contributed by atoms with Crippen molar-refractivity contribution in [2.75, 3.05) is 4.41 Å². The molecule has 0 radical (unpaired) electrons. The Morgan fingerprint density at radius 2 is 2.29 bits per heavy atom. The van der Waals surface area contributed by atoms with Gasteiger partial charge < -0.3 is 5.73 Å². The van der Waals surface area contributed by atoms with Crippen LogP contribution in [0.5, 0.6) is 0 Å². The summed E-state index contributed by atoms with van der Waals surface area (Å²) in [5.74, 6) is 0. The van der Waals surface area contributed by atoms with E-state index in [1.165, 1.54) is 4.68 Å². The first-order valence-electron chi connectivity index (χ1n) is 3.79. The Balaban J connectivity index is 3.35. The largest absolute Gasteiger partial charge is 0.349 e. The number of thiol groups is 1. The maximum atomic E-state index is 10.9. The van der Waals surface area contributed by atoms with Crippen molar-refractivity contribution in [2.45, 2.75) is 13.8 Å². The third kappa shape index (κ3) is 2.05. The van der Waals surface area contributed by atoms with Crippen LogP contribution in [0.3, 0.4) is 0 Å². The average molecular weight is 230 g/mol. The molecule has 0 saturated carbocycles. The number of aromatic nitrogens is 2. The lowest BCUT2D eigenvalue weighted by atomic mass is 10.4. The second-order valence-electron chi connectivity index (χ2n) is 2.76. The summed E-state index contributed by atoms with van der Waals surface area (Å²) >= 11 is 8.88. The van der Waals surface area contributed by atoms with E-state index in [9.17, 15) is 4.79 Å². The van der Waals surface area contributed by atoms with Crippen LogP contribution in [0.25, 0.3) is 0 Å². The molecule has 1 heterocycles. The van der Waals surface area contributed by atoms with Crippen LogP contribution in [-0.2, 0) is 0 Å². The molecule has 0 unspecified atom stereocenters. The fourth-order valence-electron chi connectivity index (χ4n) is 1.07. The van der Waals surface area contributed by atoms with Gasteiger partial charge in [-0.1, -0.05) is 0 Å². The van der Waals surface area contributed by atoms with Crippen molar-refractivity contribution in [1.29, 1.82) is 0 Å². The van der Waals surface area contributed by atoms with E-state index < -0.39 is 6.03 Å². The zero-order chi connectivity index (χ0) is 10.9. The monoisotopic (exact) mass is 230 g/mol. The van der Waals surface area contributed by atoms with Crippen molar-refractivity contribution in [3.63, 3.8) is 0 Å². The van der Waals surface area contributed by atoms with Crippen LogP contribution < -0.4 is 10.1 Å². The number of primary amides is 1. The van der Waals surface area contributed by atoms with Crippen LogP contribution in [0.4, 0.5) is 4.79 Å². The minimum Gasteiger partial charge on any atom is -0.349 e. The van der Waals surface area contributed by atoms with Gasteiger partial charge in [0, 0.05) is 11.4 Å². The Labute approximate surface area is 92.1 Å². The Hall–Kier alpha value is -1.08. The topological polar surface area (TPSA) is 64.2 Å². The van der Waals surface area contributed by atoms with Crippen LogP contribution in [0.1, 0.15) is 11.4 Å². The Morgan fingerprint density at radius 3 is 2.71 bits per heavy atom. The zero-order valence-corrected chi connectivity index (χ0v) is 9.47. The predicted molar refractivity (Wildman–Crippen MR) is 59.3 cm³/mol. The highest BCUT2D eigenvalue weighted by atomic mass is 32.1. The number of amides is 2. The first-order valence-corrected chi connectivity index (χ1v) is 4.60. The molecule has 0 aliphatic carbocycles. The maximum Gasteiger partial charge on any atom is 0.344 e. The van der Waals surface area contributed by atoms with Crippen molar-refractivity contribution < 1.29 is 4.79 Å². The number of nitrogens with zero attached hydrogens (tertiary/aromatic N) is 3. The van der Waals surface area contributed by atoms with E-state index in [1.807, 2.05) is 6.92 Å². The van der Waals surface area contributed by atoms with Crippen molar-refractivity contribution in [2.24, 2.45) is 5.73 Å². The minimum atomic E-state index is -0.710. The van der Waals surface area contributed by atoms with Gasteiger partial charge in [-0.2, -0.15) is 4.41 Å². The van der Waals surface area contributed by atoms with Gasteiger partial charge in [0.05, 0.1) is 0 Å². The van der Waals surface area contributed by atoms with Crippen LogP contribution in [0.15, 0.2) is 6.07 Å². The lowest BCUT2D eigenvalue weighted by molar-refractivity contribution is 0.253. The van der Waals surface area contributed by atoms with E-state index in [1.54, 1.807) is 13.0 Å². The minimum absolute atomic E-state index is 0.247. The highest BCUT2D eigenvalue weighted by Crippen LogP contribution is 2.05. The molecule has 2 amide bonds. The standard InChI is InChI=1S/C7H10N4OS2/c1-4-3-5(2)10(7(13)9-4)11(14)6(8)12/h3,14H,1-2H3,(H2,8,12). The van der Waals surface area contributed by atoms with E-state index in [2.05, 4.69) is 17.8 Å². The van der Waals surface area contributed by atoms with Gasteiger partial charge in [0.25, 0.3) is 0 Å². The van der Waals surface area contributed by atoms with Gasteiger partial charge in [0.2, 0.25) is 4.77 Å². The average Bonchev–Trinajstić information content (AvgIpc) is 2.01. The fourth-order valence-corrected chi connectivity index (χ4v) is 1.73. The maximum absolute atomic E-state index is 10.9. The molecule has 1 aromatic heterocycles. The molecule has 0 aliphatic heterocycles. The SMILES string of the molecule is Cc1cc(C)n(N(S)C(N)=O)c(=S)n1. The van der Waals surface area contributed by atoms with E-state index in [0.29, 0.717) is 0 Å². The van der Waals surface area contributed by atoms with Crippen molar-refractivity contribution in [3.05, 3.63) is 22.2 Å². The van der Waals surface area contributed by atoms with Crippen LogP contribution in [0, 0.1) is 18.6 Å². The summed E-state index contributed by atoms with van der Waals surface area (Å²) in [6, 6.07) is 1.07. The summed E-state index contributed by atoms with van der Waals surface area (Å²) in [5.41, 5.74) is 6.59. The second-order valence-corrected chi connectivity index (χ2v) is 3.50. The number of nitrogens with two attached hydrogens (primary N) is 1. The first kappa shape index (κ1) is 11.0. The Kier molecular flexibility index (Phi) is 3.12. The first-order chi connectivity index (χ1) is 6.43. The molecule has 76 valence electrons. The van der Waals surface area contributed by atoms with Gasteiger partial charge in [-0.05, 0) is 44.9 Å². The van der Waals surface area contributed by atoms with Gasteiger partial charge in [0.15, 0.2) is 0 Å². The molecule has 0 fully saturated rings. The molecular weight excluding hydrogens is 220 g/mol. The Morgan fingerprint density at radius 1 is 1.71 bits per heavy atom. The van der Waals surface area contributed by atoms with E-state index in [0.717, 1.165) is 15.8 Å². The summed E-state index contributed by atoms with van der Waals surface area (Å²) in [6.45, 7) is 3.61. The van der Waals surface area contributed by atoms with Crippen molar-refractivity contribution in [3.8, 4) is 0 Å². The molecule has 0 aromatic carbocycles. The molecule has 0 atom stereocenters. The van der Waals surface area contributed by atoms with Gasteiger partial charge in [0.1, 0.15) is 0 Å². The summed E-state index contributed by atoms with van der Waals surface area (Å²) in [4.78, 5) is 14.9. The van der Waals surface area contributed by atoms with E-state index in [4.69, 9.17) is 18.0 Å². The molecule has 2 N–H and O–H groups in total. The fraction of sp³-hybridized carbons (Fsp3) is 0.286. The molecule has 0 aliphatic rings. The van der Waals surface area contributed by atoms with Crippen LogP contribution in [-0.4, -0.2) is 15.7 Å². The van der Waals surface area contributed by atoms with Gasteiger partial charge in [-0.25, -0.2) is 14.5 Å². The molecule has 5 nitrogen and oxygen atoms in total. The number of hydrogen-bond donors (Lipinski definition) is 2. The number of urea groups is 1.